The number of esters is 1. The summed E-state index contributed by atoms with van der Waals surface area (Å²) in [7, 11) is 1.42. The van der Waals surface area contributed by atoms with Crippen LogP contribution in [-0.4, -0.2) is 44.2 Å². The van der Waals surface area contributed by atoms with Crippen LogP contribution < -0.4 is 5.73 Å². The van der Waals surface area contributed by atoms with E-state index in [0.29, 0.717) is 6.54 Å². The van der Waals surface area contributed by atoms with Crippen molar-refractivity contribution in [1.82, 2.24) is 4.90 Å². The lowest BCUT2D eigenvalue weighted by atomic mass is 10.2. The van der Waals surface area contributed by atoms with Crippen LogP contribution in [0.1, 0.15) is 26.2 Å². The molecule has 4 heteroatoms. The number of hydrogen-bond donors (Lipinski definition) is 1. The number of methoxy groups -OCH3 is 1. The molecule has 0 saturated carbocycles. The van der Waals surface area contributed by atoms with Gasteiger partial charge in [-0.15, -0.1) is 0 Å². The van der Waals surface area contributed by atoms with E-state index in [1.54, 1.807) is 0 Å². The number of likely N-dealkylation sites (N-methyl/N-ethyl adjacent to an activating group) is 1. The number of ether oxygens (including phenoxy) is 1. The van der Waals surface area contributed by atoms with E-state index in [2.05, 4.69) is 9.64 Å². The fraction of sp³-hybridized carbons (Fsp3) is 0.900. The van der Waals surface area contributed by atoms with Gasteiger partial charge in [-0.1, -0.05) is 13.3 Å². The first kappa shape index (κ1) is 13.4. The Hall–Kier alpha value is -0.610. The topological polar surface area (TPSA) is 55.6 Å². The number of unbranched alkanes of at least 4 members (excludes halogenated alkanes) is 2. The van der Waals surface area contributed by atoms with Crippen LogP contribution in [0.2, 0.25) is 0 Å². The molecular weight excluding hydrogens is 180 g/mol. The first-order chi connectivity index (χ1) is 6.74. The quantitative estimate of drug-likeness (QED) is 0.463. The molecule has 0 bridgehead atoms. The van der Waals surface area contributed by atoms with E-state index >= 15 is 0 Å². The predicted octanol–water partition coefficient (Wildman–Crippen LogP) is 0.610. The van der Waals surface area contributed by atoms with Crippen molar-refractivity contribution in [2.45, 2.75) is 26.2 Å². The summed E-state index contributed by atoms with van der Waals surface area (Å²) in [5.74, 6) is -0.161. The number of nitrogens with zero attached hydrogens (tertiary/aromatic N) is 1. The van der Waals surface area contributed by atoms with Gasteiger partial charge in [0.05, 0.1) is 13.7 Å². The van der Waals surface area contributed by atoms with Gasteiger partial charge in [0.1, 0.15) is 0 Å². The van der Waals surface area contributed by atoms with Gasteiger partial charge in [-0.25, -0.2) is 0 Å². The largest absolute Gasteiger partial charge is 0.468 e. The van der Waals surface area contributed by atoms with Crippen molar-refractivity contribution in [2.24, 2.45) is 5.73 Å². The van der Waals surface area contributed by atoms with E-state index in [4.69, 9.17) is 5.73 Å². The standard InChI is InChI=1S/C10H22N2O2/c1-3-12(9-10(13)14-2)8-6-4-5-7-11/h3-9,11H2,1-2H3. The third-order valence-electron chi connectivity index (χ3n) is 2.21. The van der Waals surface area contributed by atoms with Crippen LogP contribution in [-0.2, 0) is 9.53 Å². The number of nitrogens with two attached hydrogens (primary N) is 1. The lowest BCUT2D eigenvalue weighted by molar-refractivity contribution is -0.141. The minimum Gasteiger partial charge on any atom is -0.468 e. The summed E-state index contributed by atoms with van der Waals surface area (Å²) in [6.07, 6.45) is 3.30. The first-order valence-corrected chi connectivity index (χ1v) is 5.23. The van der Waals surface area contributed by atoms with Gasteiger partial charge >= 0.3 is 5.97 Å². The van der Waals surface area contributed by atoms with Crippen molar-refractivity contribution in [3.63, 3.8) is 0 Å². The maximum Gasteiger partial charge on any atom is 0.319 e. The second-order valence-electron chi connectivity index (χ2n) is 3.29. The SMILES string of the molecule is CCN(CCCCCN)CC(=O)OC. The molecule has 0 aromatic rings. The highest BCUT2D eigenvalue weighted by Gasteiger charge is 2.07. The molecule has 0 saturated heterocycles. The van der Waals surface area contributed by atoms with Crippen molar-refractivity contribution in [2.75, 3.05) is 33.3 Å². The molecule has 84 valence electrons. The fourth-order valence-electron chi connectivity index (χ4n) is 1.25. The van der Waals surface area contributed by atoms with Gasteiger partial charge in [0.25, 0.3) is 0 Å². The fourth-order valence-corrected chi connectivity index (χ4v) is 1.25. The Morgan fingerprint density at radius 3 is 2.57 bits per heavy atom. The highest BCUT2D eigenvalue weighted by atomic mass is 16.5. The molecule has 0 heterocycles. The summed E-state index contributed by atoms with van der Waals surface area (Å²) in [5.41, 5.74) is 5.39. The van der Waals surface area contributed by atoms with Crippen LogP contribution in [0.3, 0.4) is 0 Å². The Labute approximate surface area is 86.4 Å². The maximum atomic E-state index is 11.0. The zero-order chi connectivity index (χ0) is 10.8. The van der Waals surface area contributed by atoms with Gasteiger partial charge in [-0.3, -0.25) is 9.69 Å². The monoisotopic (exact) mass is 202 g/mol. The highest BCUT2D eigenvalue weighted by Crippen LogP contribution is 1.98. The van der Waals surface area contributed by atoms with Crippen LogP contribution in [0.4, 0.5) is 0 Å². The van der Waals surface area contributed by atoms with E-state index in [1.807, 2.05) is 6.92 Å². The smallest absolute Gasteiger partial charge is 0.319 e. The van der Waals surface area contributed by atoms with Crippen LogP contribution in [0, 0.1) is 0 Å². The van der Waals surface area contributed by atoms with Crippen molar-refractivity contribution >= 4 is 5.97 Å². The molecule has 0 rings (SSSR count). The minimum absolute atomic E-state index is 0.161. The molecule has 0 spiro atoms. The Morgan fingerprint density at radius 2 is 2.07 bits per heavy atom. The summed E-state index contributed by atoms with van der Waals surface area (Å²) in [5, 5.41) is 0. The summed E-state index contributed by atoms with van der Waals surface area (Å²) < 4.78 is 4.61. The van der Waals surface area contributed by atoms with Gasteiger partial charge < -0.3 is 10.5 Å². The second-order valence-corrected chi connectivity index (χ2v) is 3.29. The lowest BCUT2D eigenvalue weighted by Crippen LogP contribution is -2.31. The Morgan fingerprint density at radius 1 is 1.36 bits per heavy atom. The van der Waals surface area contributed by atoms with Gasteiger partial charge in [-0.2, -0.15) is 0 Å². The van der Waals surface area contributed by atoms with E-state index in [1.165, 1.54) is 7.11 Å². The number of rotatable bonds is 8. The van der Waals surface area contributed by atoms with E-state index in [9.17, 15) is 4.79 Å². The second kappa shape index (κ2) is 8.97. The third kappa shape index (κ3) is 6.86. The van der Waals surface area contributed by atoms with Crippen LogP contribution in [0.15, 0.2) is 0 Å². The molecule has 0 amide bonds. The first-order valence-electron chi connectivity index (χ1n) is 5.23. The predicted molar refractivity (Wildman–Crippen MR) is 57.0 cm³/mol. The summed E-state index contributed by atoms with van der Waals surface area (Å²) >= 11 is 0. The van der Waals surface area contributed by atoms with Crippen LogP contribution in [0.5, 0.6) is 0 Å². The van der Waals surface area contributed by atoms with Crippen molar-refractivity contribution in [3.05, 3.63) is 0 Å². The molecule has 4 nitrogen and oxygen atoms in total. The summed E-state index contributed by atoms with van der Waals surface area (Å²) in [6, 6.07) is 0. The molecule has 0 aliphatic carbocycles. The molecule has 2 N–H and O–H groups in total. The van der Waals surface area contributed by atoms with Gasteiger partial charge in [0.15, 0.2) is 0 Å². The molecule has 0 atom stereocenters. The summed E-state index contributed by atoms with van der Waals surface area (Å²) in [4.78, 5) is 13.1. The molecule has 0 fully saturated rings. The molecular formula is C10H22N2O2. The Balaban J connectivity index is 3.52. The van der Waals surface area contributed by atoms with Crippen LogP contribution in [0.25, 0.3) is 0 Å². The van der Waals surface area contributed by atoms with Gasteiger partial charge in [-0.05, 0) is 32.5 Å². The molecule has 0 aliphatic heterocycles. The number of carbonyl (C=O) groups is 1. The third-order valence-corrected chi connectivity index (χ3v) is 2.21. The highest BCUT2D eigenvalue weighted by molar-refractivity contribution is 5.71. The normalized spacial score (nSPS) is 10.6. The number of hydrogen-bond acceptors (Lipinski definition) is 4. The van der Waals surface area contributed by atoms with Gasteiger partial charge in [0, 0.05) is 0 Å². The molecule has 14 heavy (non-hydrogen) atoms. The molecule has 0 aromatic carbocycles. The Kier molecular flexibility index (Phi) is 8.57. The molecule has 0 unspecified atom stereocenters. The minimum atomic E-state index is -0.161. The number of carbonyl (C=O) groups excluding carboxylic acids is 1. The van der Waals surface area contributed by atoms with Crippen molar-refractivity contribution in [3.8, 4) is 0 Å². The lowest BCUT2D eigenvalue weighted by Gasteiger charge is -2.18. The molecule has 0 radical (unpaired) electrons. The summed E-state index contributed by atoms with van der Waals surface area (Å²) in [6.45, 7) is 5.04. The zero-order valence-electron chi connectivity index (χ0n) is 9.29. The van der Waals surface area contributed by atoms with E-state index in [-0.39, 0.29) is 5.97 Å². The maximum absolute atomic E-state index is 11.0. The molecule has 0 aliphatic rings. The average Bonchev–Trinajstić information content (AvgIpc) is 2.22. The Bertz CT molecular complexity index is 151. The van der Waals surface area contributed by atoms with Crippen molar-refractivity contribution < 1.29 is 9.53 Å². The van der Waals surface area contributed by atoms with Gasteiger partial charge in [0.2, 0.25) is 0 Å². The molecule has 0 aromatic heterocycles. The zero-order valence-corrected chi connectivity index (χ0v) is 9.29. The average molecular weight is 202 g/mol. The van der Waals surface area contributed by atoms with E-state index < -0.39 is 0 Å². The van der Waals surface area contributed by atoms with E-state index in [0.717, 1.165) is 38.9 Å². The van der Waals surface area contributed by atoms with Crippen LogP contribution >= 0.6 is 0 Å². The van der Waals surface area contributed by atoms with Crippen molar-refractivity contribution in [1.29, 1.82) is 0 Å².